The van der Waals surface area contributed by atoms with Crippen molar-refractivity contribution in [2.75, 3.05) is 22.1 Å². The van der Waals surface area contributed by atoms with Gasteiger partial charge in [0.2, 0.25) is 0 Å². The number of pyridine rings is 1. The Kier molecular flexibility index (Phi) is 5.09. The van der Waals surface area contributed by atoms with Crippen LogP contribution in [0.2, 0.25) is 0 Å². The number of alkyl halides is 3. The minimum Gasteiger partial charge on any atom is -0.380 e. The molecule has 1 amide bonds. The van der Waals surface area contributed by atoms with Gasteiger partial charge in [0.1, 0.15) is 0 Å². The molecule has 1 atom stereocenters. The fourth-order valence-electron chi connectivity index (χ4n) is 2.73. The second kappa shape index (κ2) is 7.18. The zero-order valence-electron chi connectivity index (χ0n) is 14.0. The van der Waals surface area contributed by atoms with Crippen LogP contribution in [0, 0.1) is 0 Å². The van der Waals surface area contributed by atoms with Gasteiger partial charge in [-0.1, -0.05) is 0 Å². The lowest BCUT2D eigenvalue weighted by Crippen LogP contribution is -2.21. The predicted molar refractivity (Wildman–Crippen MR) is 94.3 cm³/mol. The van der Waals surface area contributed by atoms with Crippen molar-refractivity contribution in [1.82, 2.24) is 4.98 Å². The summed E-state index contributed by atoms with van der Waals surface area (Å²) in [7, 11) is -3.04. The molecule has 1 unspecified atom stereocenters. The lowest BCUT2D eigenvalue weighted by molar-refractivity contribution is -0.137. The van der Waals surface area contributed by atoms with Gasteiger partial charge in [-0.05, 0) is 36.8 Å². The van der Waals surface area contributed by atoms with Crippen LogP contribution < -0.4 is 10.6 Å². The van der Waals surface area contributed by atoms with Gasteiger partial charge >= 0.3 is 6.18 Å². The molecular weight excluding hydrogens is 383 g/mol. The number of sulfone groups is 1. The number of hydrogen-bond acceptors (Lipinski definition) is 5. The first kappa shape index (κ1) is 19.2. The van der Waals surface area contributed by atoms with E-state index in [2.05, 4.69) is 15.6 Å². The van der Waals surface area contributed by atoms with Gasteiger partial charge < -0.3 is 10.6 Å². The Hall–Kier alpha value is -2.62. The van der Waals surface area contributed by atoms with Crippen molar-refractivity contribution in [1.29, 1.82) is 0 Å². The average Bonchev–Trinajstić information content (AvgIpc) is 2.93. The van der Waals surface area contributed by atoms with Gasteiger partial charge in [0.25, 0.3) is 5.91 Å². The Morgan fingerprint density at radius 1 is 1.11 bits per heavy atom. The Bertz CT molecular complexity index is 944. The molecule has 3 rings (SSSR count). The number of carbonyl (C=O) groups excluding carboxylic acids is 1. The molecule has 1 fully saturated rings. The smallest absolute Gasteiger partial charge is 0.380 e. The SMILES string of the molecule is O=C(Nc1ccc(C(F)(F)F)cc1)c1cncc(NC2CCS(=O)(=O)C2)c1. The lowest BCUT2D eigenvalue weighted by atomic mass is 10.2. The van der Waals surface area contributed by atoms with Crippen LogP contribution in [0.25, 0.3) is 0 Å². The van der Waals surface area contributed by atoms with Crippen molar-refractivity contribution in [3.63, 3.8) is 0 Å². The molecule has 0 spiro atoms. The predicted octanol–water partition coefficient (Wildman–Crippen LogP) is 2.95. The summed E-state index contributed by atoms with van der Waals surface area (Å²) in [5.74, 6) is -0.397. The van der Waals surface area contributed by atoms with E-state index in [1.165, 1.54) is 30.6 Å². The van der Waals surface area contributed by atoms with E-state index in [1.807, 2.05) is 0 Å². The molecule has 27 heavy (non-hydrogen) atoms. The third kappa shape index (κ3) is 4.97. The average molecular weight is 399 g/mol. The number of hydrogen-bond donors (Lipinski definition) is 2. The first-order chi connectivity index (χ1) is 12.6. The van der Waals surface area contributed by atoms with E-state index in [0.29, 0.717) is 12.1 Å². The van der Waals surface area contributed by atoms with Crippen molar-refractivity contribution in [2.24, 2.45) is 0 Å². The van der Waals surface area contributed by atoms with Crippen molar-refractivity contribution in [3.8, 4) is 0 Å². The monoisotopic (exact) mass is 399 g/mol. The highest BCUT2D eigenvalue weighted by molar-refractivity contribution is 7.91. The van der Waals surface area contributed by atoms with Crippen LogP contribution in [0.3, 0.4) is 0 Å². The normalized spacial score (nSPS) is 18.9. The van der Waals surface area contributed by atoms with Gasteiger partial charge in [0.05, 0.1) is 28.3 Å². The maximum Gasteiger partial charge on any atom is 0.416 e. The van der Waals surface area contributed by atoms with E-state index in [9.17, 15) is 26.4 Å². The summed E-state index contributed by atoms with van der Waals surface area (Å²) in [5, 5.41) is 5.53. The second-order valence-corrected chi connectivity index (χ2v) is 8.46. The minimum atomic E-state index is -4.44. The van der Waals surface area contributed by atoms with Gasteiger partial charge in [0.15, 0.2) is 9.84 Å². The number of nitrogens with one attached hydrogen (secondary N) is 2. The molecule has 10 heteroatoms. The standard InChI is InChI=1S/C17H16F3N3O3S/c18-17(19,20)12-1-3-13(4-2-12)23-16(24)11-7-15(9-21-8-11)22-14-5-6-27(25,26)10-14/h1-4,7-9,14,22H,5-6,10H2,(H,23,24). The molecule has 0 radical (unpaired) electrons. The van der Waals surface area contributed by atoms with Gasteiger partial charge in [0, 0.05) is 24.1 Å². The zero-order valence-corrected chi connectivity index (χ0v) is 14.8. The summed E-state index contributed by atoms with van der Waals surface area (Å²) in [6.07, 6.45) is -1.18. The molecule has 1 saturated heterocycles. The number of halogens is 3. The summed E-state index contributed by atoms with van der Waals surface area (Å²) in [6, 6.07) is 5.36. The Balaban J connectivity index is 1.67. The highest BCUT2D eigenvalue weighted by Crippen LogP contribution is 2.30. The Morgan fingerprint density at radius 2 is 1.81 bits per heavy atom. The van der Waals surface area contributed by atoms with E-state index < -0.39 is 27.5 Å². The van der Waals surface area contributed by atoms with Crippen LogP contribution in [0.15, 0.2) is 42.7 Å². The third-order valence-electron chi connectivity index (χ3n) is 4.07. The van der Waals surface area contributed by atoms with Crippen LogP contribution in [0.1, 0.15) is 22.3 Å². The number of carbonyl (C=O) groups is 1. The molecule has 0 bridgehead atoms. The van der Waals surface area contributed by atoms with Crippen LogP contribution in [0.4, 0.5) is 24.5 Å². The fourth-order valence-corrected chi connectivity index (χ4v) is 4.41. The molecule has 0 saturated carbocycles. The maximum absolute atomic E-state index is 12.6. The van der Waals surface area contributed by atoms with E-state index in [1.54, 1.807) is 0 Å². The molecule has 2 heterocycles. The van der Waals surface area contributed by atoms with E-state index in [4.69, 9.17) is 0 Å². The molecule has 0 aliphatic carbocycles. The lowest BCUT2D eigenvalue weighted by Gasteiger charge is -2.13. The second-order valence-electron chi connectivity index (χ2n) is 6.24. The third-order valence-corrected chi connectivity index (χ3v) is 5.84. The molecule has 1 aromatic heterocycles. The molecule has 6 nitrogen and oxygen atoms in total. The van der Waals surface area contributed by atoms with Gasteiger partial charge in [-0.25, -0.2) is 8.42 Å². The Morgan fingerprint density at radius 3 is 2.41 bits per heavy atom. The highest BCUT2D eigenvalue weighted by Gasteiger charge is 2.30. The summed E-state index contributed by atoms with van der Waals surface area (Å²) >= 11 is 0. The molecule has 2 aromatic rings. The first-order valence-corrected chi connectivity index (χ1v) is 9.85. The van der Waals surface area contributed by atoms with Crippen molar-refractivity contribution < 1.29 is 26.4 Å². The van der Waals surface area contributed by atoms with Crippen molar-refractivity contribution in [3.05, 3.63) is 53.9 Å². The van der Waals surface area contributed by atoms with E-state index in [-0.39, 0.29) is 28.8 Å². The molecular formula is C17H16F3N3O3S. The summed E-state index contributed by atoms with van der Waals surface area (Å²) < 4.78 is 60.7. The summed E-state index contributed by atoms with van der Waals surface area (Å²) in [5.41, 5.74) is 0.103. The molecule has 144 valence electrons. The van der Waals surface area contributed by atoms with Crippen molar-refractivity contribution in [2.45, 2.75) is 18.6 Å². The Labute approximate surface area is 153 Å². The van der Waals surface area contributed by atoms with Crippen molar-refractivity contribution >= 4 is 27.1 Å². The number of benzene rings is 1. The largest absolute Gasteiger partial charge is 0.416 e. The zero-order chi connectivity index (χ0) is 19.7. The van der Waals surface area contributed by atoms with E-state index in [0.717, 1.165) is 12.1 Å². The summed E-state index contributed by atoms with van der Waals surface area (Å²) in [6.45, 7) is 0. The van der Waals surface area contributed by atoms with E-state index >= 15 is 0 Å². The quantitative estimate of drug-likeness (QED) is 0.825. The molecule has 1 aliphatic heterocycles. The molecule has 2 N–H and O–H groups in total. The minimum absolute atomic E-state index is 0.0228. The fraction of sp³-hybridized carbons (Fsp3) is 0.294. The number of aromatic nitrogens is 1. The first-order valence-electron chi connectivity index (χ1n) is 8.03. The number of anilines is 2. The number of amides is 1. The van der Waals surface area contributed by atoms with Crippen LogP contribution in [0.5, 0.6) is 0 Å². The number of nitrogens with zero attached hydrogens (tertiary/aromatic N) is 1. The number of rotatable bonds is 4. The summed E-state index contributed by atoms with van der Waals surface area (Å²) in [4.78, 5) is 16.2. The van der Waals surface area contributed by atoms with Crippen LogP contribution >= 0.6 is 0 Å². The highest BCUT2D eigenvalue weighted by atomic mass is 32.2. The van der Waals surface area contributed by atoms with Gasteiger partial charge in [-0.15, -0.1) is 0 Å². The van der Waals surface area contributed by atoms with Crippen LogP contribution in [-0.4, -0.2) is 36.9 Å². The molecule has 1 aromatic carbocycles. The van der Waals surface area contributed by atoms with Crippen LogP contribution in [-0.2, 0) is 16.0 Å². The topological polar surface area (TPSA) is 88.2 Å². The molecule has 1 aliphatic rings. The maximum atomic E-state index is 12.6. The van der Waals surface area contributed by atoms with Gasteiger partial charge in [-0.3, -0.25) is 9.78 Å². The van der Waals surface area contributed by atoms with Gasteiger partial charge in [-0.2, -0.15) is 13.2 Å².